The standard InChI is InChI=1S/C24H23N3O/c1-2-15-26(20-11-13-25-14-12-20)27-22-10-6-5-9-21(22)24(23(27)28)16-18-7-3-4-8-19(18)17-24/h3-14H,2,15-17H2,1H3. The first kappa shape index (κ1) is 17.0. The van der Waals surface area contributed by atoms with Crippen LogP contribution in [0.25, 0.3) is 0 Å². The Morgan fingerprint density at radius 3 is 2.29 bits per heavy atom. The van der Waals surface area contributed by atoms with Crippen molar-refractivity contribution < 1.29 is 4.79 Å². The van der Waals surface area contributed by atoms with Crippen LogP contribution in [-0.2, 0) is 23.1 Å². The first-order valence-electron chi connectivity index (χ1n) is 9.93. The number of rotatable bonds is 4. The highest BCUT2D eigenvalue weighted by molar-refractivity contribution is 6.10. The molecule has 2 heterocycles. The zero-order valence-corrected chi connectivity index (χ0v) is 16.0. The van der Waals surface area contributed by atoms with E-state index in [1.165, 1.54) is 11.1 Å². The first-order valence-corrected chi connectivity index (χ1v) is 9.93. The van der Waals surface area contributed by atoms with Crippen LogP contribution in [0.4, 0.5) is 11.4 Å². The number of hydrogen-bond donors (Lipinski definition) is 0. The lowest BCUT2D eigenvalue weighted by Crippen LogP contribution is -2.50. The molecule has 1 aromatic heterocycles. The highest BCUT2D eigenvalue weighted by Crippen LogP contribution is 2.50. The number of fused-ring (bicyclic) bond motifs is 3. The fraction of sp³-hybridized carbons (Fsp3) is 0.250. The Hall–Kier alpha value is -3.14. The lowest BCUT2D eigenvalue weighted by Gasteiger charge is -2.35. The molecule has 0 unspecified atom stereocenters. The summed E-state index contributed by atoms with van der Waals surface area (Å²) in [7, 11) is 0. The quantitative estimate of drug-likeness (QED) is 0.688. The van der Waals surface area contributed by atoms with Crippen molar-refractivity contribution in [1.82, 2.24) is 4.98 Å². The molecule has 1 amide bonds. The number of nitrogens with zero attached hydrogens (tertiary/aromatic N) is 3. The number of aromatic nitrogens is 1. The largest absolute Gasteiger partial charge is 0.278 e. The molecule has 3 aromatic rings. The van der Waals surface area contributed by atoms with Gasteiger partial charge in [-0.25, -0.2) is 5.01 Å². The molecule has 1 spiro atoms. The molecular weight excluding hydrogens is 346 g/mol. The number of hydrogen-bond acceptors (Lipinski definition) is 3. The average Bonchev–Trinajstić information content (AvgIpc) is 3.24. The van der Waals surface area contributed by atoms with Gasteiger partial charge in [0.1, 0.15) is 0 Å². The van der Waals surface area contributed by atoms with Crippen molar-refractivity contribution in [3.05, 3.63) is 89.7 Å². The molecule has 0 atom stereocenters. The Bertz CT molecular complexity index is 1010. The van der Waals surface area contributed by atoms with E-state index in [1.54, 1.807) is 12.4 Å². The maximum Gasteiger partial charge on any atom is 0.257 e. The van der Waals surface area contributed by atoms with Crippen molar-refractivity contribution in [2.24, 2.45) is 0 Å². The van der Waals surface area contributed by atoms with E-state index in [-0.39, 0.29) is 5.91 Å². The van der Waals surface area contributed by atoms with Crippen molar-refractivity contribution in [3.63, 3.8) is 0 Å². The molecule has 0 radical (unpaired) electrons. The summed E-state index contributed by atoms with van der Waals surface area (Å²) in [5.41, 5.74) is 5.22. The number of amides is 1. The zero-order valence-electron chi connectivity index (χ0n) is 16.0. The number of hydrazine groups is 1. The molecule has 0 saturated carbocycles. The first-order chi connectivity index (χ1) is 13.7. The molecule has 0 N–H and O–H groups in total. The van der Waals surface area contributed by atoms with E-state index in [2.05, 4.69) is 59.4 Å². The molecule has 1 aliphatic carbocycles. The molecule has 0 fully saturated rings. The van der Waals surface area contributed by atoms with Gasteiger partial charge < -0.3 is 0 Å². The van der Waals surface area contributed by atoms with Gasteiger partial charge in [-0.05, 0) is 54.2 Å². The van der Waals surface area contributed by atoms with E-state index in [4.69, 9.17) is 0 Å². The van der Waals surface area contributed by atoms with Crippen LogP contribution in [0.3, 0.4) is 0 Å². The maximum absolute atomic E-state index is 14.0. The second-order valence-electron chi connectivity index (χ2n) is 7.67. The summed E-state index contributed by atoms with van der Waals surface area (Å²) in [6, 6.07) is 20.7. The Morgan fingerprint density at radius 1 is 0.964 bits per heavy atom. The predicted octanol–water partition coefficient (Wildman–Crippen LogP) is 4.30. The van der Waals surface area contributed by atoms with E-state index in [9.17, 15) is 4.79 Å². The van der Waals surface area contributed by atoms with Gasteiger partial charge in [-0.2, -0.15) is 0 Å². The van der Waals surface area contributed by atoms with Gasteiger partial charge >= 0.3 is 0 Å². The van der Waals surface area contributed by atoms with Gasteiger partial charge in [0, 0.05) is 18.9 Å². The van der Waals surface area contributed by atoms with E-state index < -0.39 is 5.41 Å². The summed E-state index contributed by atoms with van der Waals surface area (Å²) in [5, 5.41) is 4.03. The molecular formula is C24H23N3O. The third-order valence-electron chi connectivity index (χ3n) is 5.99. The Labute approximate surface area is 165 Å². The number of anilines is 2. The normalized spacial score (nSPS) is 16.3. The summed E-state index contributed by atoms with van der Waals surface area (Å²) in [5.74, 6) is 0.176. The third kappa shape index (κ3) is 2.37. The lowest BCUT2D eigenvalue weighted by molar-refractivity contribution is -0.123. The van der Waals surface area contributed by atoms with E-state index in [1.807, 2.05) is 23.2 Å². The average molecular weight is 369 g/mol. The summed E-state index contributed by atoms with van der Waals surface area (Å²) in [6.07, 6.45) is 6.05. The van der Waals surface area contributed by atoms with Crippen molar-refractivity contribution >= 4 is 17.3 Å². The fourth-order valence-corrected chi connectivity index (χ4v) is 4.76. The highest BCUT2D eigenvalue weighted by Gasteiger charge is 2.55. The van der Waals surface area contributed by atoms with Gasteiger partial charge in [0.15, 0.2) is 0 Å². The minimum Gasteiger partial charge on any atom is -0.278 e. The number of carbonyl (C=O) groups is 1. The predicted molar refractivity (Wildman–Crippen MR) is 111 cm³/mol. The van der Waals surface area contributed by atoms with Gasteiger partial charge in [-0.15, -0.1) is 0 Å². The Kier molecular flexibility index (Phi) is 3.93. The smallest absolute Gasteiger partial charge is 0.257 e. The topological polar surface area (TPSA) is 36.4 Å². The van der Waals surface area contributed by atoms with Gasteiger partial charge in [-0.3, -0.25) is 14.8 Å². The van der Waals surface area contributed by atoms with E-state index >= 15 is 0 Å². The summed E-state index contributed by atoms with van der Waals surface area (Å²) in [6.45, 7) is 2.91. The second-order valence-corrected chi connectivity index (χ2v) is 7.67. The molecule has 1 aliphatic heterocycles. The van der Waals surface area contributed by atoms with E-state index in [0.717, 1.165) is 42.7 Å². The Balaban J connectivity index is 1.64. The van der Waals surface area contributed by atoms with Crippen LogP contribution in [0.15, 0.2) is 73.1 Å². The Morgan fingerprint density at radius 2 is 1.61 bits per heavy atom. The second kappa shape index (κ2) is 6.48. The molecule has 28 heavy (non-hydrogen) atoms. The molecule has 2 aromatic carbocycles. The summed E-state index contributed by atoms with van der Waals surface area (Å²) >= 11 is 0. The van der Waals surface area contributed by atoms with Gasteiger partial charge in [0.25, 0.3) is 5.91 Å². The molecule has 4 heteroatoms. The molecule has 4 nitrogen and oxygen atoms in total. The third-order valence-corrected chi connectivity index (χ3v) is 5.99. The minimum atomic E-state index is -0.501. The number of pyridine rings is 1. The van der Waals surface area contributed by atoms with Crippen LogP contribution in [0.5, 0.6) is 0 Å². The minimum absolute atomic E-state index is 0.176. The number of para-hydroxylation sites is 1. The fourth-order valence-electron chi connectivity index (χ4n) is 4.76. The summed E-state index contributed by atoms with van der Waals surface area (Å²) < 4.78 is 0. The molecule has 5 rings (SSSR count). The van der Waals surface area contributed by atoms with Gasteiger partial charge in [0.2, 0.25) is 0 Å². The SMILES string of the molecule is CCCN(c1ccncc1)N1C(=O)C2(Cc3ccccc3C2)c2ccccc21. The van der Waals surface area contributed by atoms with Gasteiger partial charge in [0.05, 0.1) is 16.8 Å². The molecule has 2 aliphatic rings. The van der Waals surface area contributed by atoms with Crippen LogP contribution < -0.4 is 10.0 Å². The van der Waals surface area contributed by atoms with Crippen molar-refractivity contribution in [1.29, 1.82) is 0 Å². The molecule has 140 valence electrons. The van der Waals surface area contributed by atoms with Crippen molar-refractivity contribution in [2.45, 2.75) is 31.6 Å². The highest BCUT2D eigenvalue weighted by atomic mass is 16.2. The van der Waals surface area contributed by atoms with Crippen molar-refractivity contribution in [2.75, 3.05) is 16.6 Å². The molecule has 0 bridgehead atoms. The van der Waals surface area contributed by atoms with E-state index in [0.29, 0.717) is 0 Å². The maximum atomic E-state index is 14.0. The lowest BCUT2D eigenvalue weighted by atomic mass is 9.79. The van der Waals surface area contributed by atoms with Crippen LogP contribution in [0, 0.1) is 0 Å². The number of benzene rings is 2. The van der Waals surface area contributed by atoms with Crippen molar-refractivity contribution in [3.8, 4) is 0 Å². The summed E-state index contributed by atoms with van der Waals surface area (Å²) in [4.78, 5) is 18.2. The van der Waals surface area contributed by atoms with Crippen LogP contribution >= 0.6 is 0 Å². The molecule has 0 saturated heterocycles. The zero-order chi connectivity index (χ0) is 19.1. The van der Waals surface area contributed by atoms with Crippen LogP contribution in [0.1, 0.15) is 30.0 Å². The van der Waals surface area contributed by atoms with Crippen LogP contribution in [-0.4, -0.2) is 17.4 Å². The monoisotopic (exact) mass is 369 g/mol. The van der Waals surface area contributed by atoms with Gasteiger partial charge in [-0.1, -0.05) is 49.4 Å². The number of carbonyl (C=O) groups excluding carboxylic acids is 1. The van der Waals surface area contributed by atoms with Crippen LogP contribution in [0.2, 0.25) is 0 Å².